The van der Waals surface area contributed by atoms with Crippen molar-refractivity contribution in [2.45, 2.75) is 39.3 Å². The first-order valence-electron chi connectivity index (χ1n) is 6.27. The van der Waals surface area contributed by atoms with Crippen LogP contribution in [0.25, 0.3) is 0 Å². The zero-order valence-corrected chi connectivity index (χ0v) is 11.1. The molecular formula is C13H18N3O3+. The lowest BCUT2D eigenvalue weighted by Gasteiger charge is -2.05. The minimum atomic E-state index is -0.868. The molecule has 0 spiro atoms. The van der Waals surface area contributed by atoms with Gasteiger partial charge in [0, 0.05) is 12.1 Å². The van der Waals surface area contributed by atoms with E-state index in [0.29, 0.717) is 12.1 Å². The minimum absolute atomic E-state index is 0.0134. The van der Waals surface area contributed by atoms with Crippen LogP contribution in [0.5, 0.6) is 0 Å². The Balaban J connectivity index is 1.91. The molecule has 1 aromatic rings. The van der Waals surface area contributed by atoms with Gasteiger partial charge in [0.05, 0.1) is 5.56 Å². The Bertz CT molecular complexity index is 496. The highest BCUT2D eigenvalue weighted by Gasteiger charge is 2.46. The van der Waals surface area contributed by atoms with E-state index in [0.717, 1.165) is 6.42 Å². The number of carboxylic acids is 1. The van der Waals surface area contributed by atoms with E-state index >= 15 is 0 Å². The Morgan fingerprint density at radius 2 is 2.26 bits per heavy atom. The van der Waals surface area contributed by atoms with Crippen molar-refractivity contribution in [3.63, 3.8) is 0 Å². The molecule has 2 N–H and O–H groups in total. The maximum Gasteiger partial charge on any atom is 0.309 e. The van der Waals surface area contributed by atoms with Crippen LogP contribution in [0.2, 0.25) is 0 Å². The number of aromatic nitrogens is 2. The third-order valence-electron chi connectivity index (χ3n) is 3.41. The molecular weight excluding hydrogens is 246 g/mol. The molecule has 1 saturated carbocycles. The molecule has 1 aliphatic carbocycles. The Morgan fingerprint density at radius 3 is 2.74 bits per heavy atom. The molecule has 0 aromatic carbocycles. The monoisotopic (exact) mass is 264 g/mol. The van der Waals surface area contributed by atoms with Crippen molar-refractivity contribution in [1.29, 1.82) is 0 Å². The van der Waals surface area contributed by atoms with Crippen molar-refractivity contribution in [2.75, 3.05) is 0 Å². The molecule has 2 rings (SSSR count). The van der Waals surface area contributed by atoms with E-state index in [1.807, 2.05) is 0 Å². The van der Waals surface area contributed by atoms with Crippen LogP contribution in [0.15, 0.2) is 18.5 Å². The molecule has 1 amide bonds. The molecule has 102 valence electrons. The second-order valence-corrected chi connectivity index (χ2v) is 5.54. The SMILES string of the molecule is CC1(C)CC1NC(=O)c1cc[n+](CCC(=O)O)nc1. The number of aryl methyl sites for hydroxylation is 1. The largest absolute Gasteiger partial charge is 0.481 e. The number of carbonyl (C=O) groups is 2. The van der Waals surface area contributed by atoms with Gasteiger partial charge in [0.15, 0.2) is 12.7 Å². The van der Waals surface area contributed by atoms with Gasteiger partial charge in [0.2, 0.25) is 0 Å². The van der Waals surface area contributed by atoms with Gasteiger partial charge in [0.1, 0.15) is 12.6 Å². The average Bonchev–Trinajstić information content (AvgIpc) is 2.94. The fourth-order valence-electron chi connectivity index (χ4n) is 1.82. The Kier molecular flexibility index (Phi) is 3.50. The molecule has 19 heavy (non-hydrogen) atoms. The van der Waals surface area contributed by atoms with Gasteiger partial charge in [-0.15, -0.1) is 0 Å². The molecule has 1 aromatic heterocycles. The molecule has 1 atom stereocenters. The fourth-order valence-corrected chi connectivity index (χ4v) is 1.82. The number of hydrogen-bond acceptors (Lipinski definition) is 3. The standard InChI is InChI=1S/C13H17N3O3/c1-13(2)7-10(13)15-12(19)9-3-5-16(14-8-9)6-4-11(17)18/h3,5,8,10H,4,6-7H2,1-2H3,(H-,15,17,18,19)/p+1. The first-order valence-corrected chi connectivity index (χ1v) is 6.27. The van der Waals surface area contributed by atoms with E-state index in [9.17, 15) is 9.59 Å². The predicted octanol–water partition coefficient (Wildman–Crippen LogP) is 0.372. The van der Waals surface area contributed by atoms with Crippen LogP contribution in [-0.4, -0.2) is 28.1 Å². The van der Waals surface area contributed by atoms with Crippen LogP contribution in [0.4, 0.5) is 0 Å². The summed E-state index contributed by atoms with van der Waals surface area (Å²) in [6.07, 6.45) is 4.10. The van der Waals surface area contributed by atoms with Crippen LogP contribution in [-0.2, 0) is 11.3 Å². The molecule has 1 heterocycles. The maximum atomic E-state index is 11.9. The van der Waals surface area contributed by atoms with Gasteiger partial charge in [-0.05, 0) is 16.9 Å². The summed E-state index contributed by atoms with van der Waals surface area (Å²) in [5.74, 6) is -0.999. The van der Waals surface area contributed by atoms with Gasteiger partial charge < -0.3 is 10.4 Å². The Labute approximate surface area is 111 Å². The summed E-state index contributed by atoms with van der Waals surface area (Å²) in [5.41, 5.74) is 0.688. The van der Waals surface area contributed by atoms with Crippen LogP contribution < -0.4 is 10.00 Å². The number of amides is 1. The van der Waals surface area contributed by atoms with Crippen molar-refractivity contribution in [2.24, 2.45) is 5.41 Å². The number of hydrogen-bond donors (Lipinski definition) is 2. The van der Waals surface area contributed by atoms with Gasteiger partial charge in [-0.3, -0.25) is 9.59 Å². The van der Waals surface area contributed by atoms with E-state index in [4.69, 9.17) is 5.11 Å². The van der Waals surface area contributed by atoms with E-state index < -0.39 is 5.97 Å². The van der Waals surface area contributed by atoms with Gasteiger partial charge in [-0.2, -0.15) is 0 Å². The van der Waals surface area contributed by atoms with Crippen molar-refractivity contribution in [3.8, 4) is 0 Å². The third-order valence-corrected chi connectivity index (χ3v) is 3.41. The number of aliphatic carboxylic acids is 1. The second-order valence-electron chi connectivity index (χ2n) is 5.54. The summed E-state index contributed by atoms with van der Waals surface area (Å²) in [6, 6.07) is 1.89. The molecule has 6 heteroatoms. The lowest BCUT2D eigenvalue weighted by atomic mass is 10.2. The topological polar surface area (TPSA) is 83.2 Å². The number of nitrogens with one attached hydrogen (secondary N) is 1. The van der Waals surface area contributed by atoms with Gasteiger partial charge in [0.25, 0.3) is 5.91 Å². The van der Waals surface area contributed by atoms with Gasteiger partial charge >= 0.3 is 5.97 Å². The van der Waals surface area contributed by atoms with Gasteiger partial charge in [-0.1, -0.05) is 18.5 Å². The van der Waals surface area contributed by atoms with Crippen molar-refractivity contribution in [3.05, 3.63) is 24.0 Å². The summed E-state index contributed by atoms with van der Waals surface area (Å²) < 4.78 is 1.51. The lowest BCUT2D eigenvalue weighted by Crippen LogP contribution is -2.39. The highest BCUT2D eigenvalue weighted by molar-refractivity contribution is 5.94. The third kappa shape index (κ3) is 3.49. The van der Waals surface area contributed by atoms with Crippen molar-refractivity contribution >= 4 is 11.9 Å². The summed E-state index contributed by atoms with van der Waals surface area (Å²) in [4.78, 5) is 22.3. The second kappa shape index (κ2) is 4.95. The Morgan fingerprint density at radius 1 is 1.58 bits per heavy atom. The summed E-state index contributed by atoms with van der Waals surface area (Å²) in [7, 11) is 0. The van der Waals surface area contributed by atoms with E-state index in [2.05, 4.69) is 24.3 Å². The smallest absolute Gasteiger partial charge is 0.309 e. The first-order chi connectivity index (χ1) is 8.88. The van der Waals surface area contributed by atoms with Crippen molar-refractivity contribution < 1.29 is 19.4 Å². The average molecular weight is 264 g/mol. The predicted molar refractivity (Wildman–Crippen MR) is 66.3 cm³/mol. The molecule has 0 bridgehead atoms. The molecule has 0 saturated heterocycles. The maximum absolute atomic E-state index is 11.9. The lowest BCUT2D eigenvalue weighted by molar-refractivity contribution is -0.753. The molecule has 1 unspecified atom stereocenters. The van der Waals surface area contributed by atoms with Crippen LogP contribution in [0.1, 0.15) is 37.0 Å². The van der Waals surface area contributed by atoms with E-state index in [1.165, 1.54) is 10.9 Å². The number of carboxylic acid groups (broad SMARTS) is 1. The molecule has 1 aliphatic rings. The zero-order valence-electron chi connectivity index (χ0n) is 11.1. The highest BCUT2D eigenvalue weighted by atomic mass is 16.4. The molecule has 1 fully saturated rings. The molecule has 0 aliphatic heterocycles. The molecule has 6 nitrogen and oxygen atoms in total. The summed E-state index contributed by atoms with van der Waals surface area (Å²) >= 11 is 0. The van der Waals surface area contributed by atoms with Crippen LogP contribution in [0, 0.1) is 5.41 Å². The van der Waals surface area contributed by atoms with Gasteiger partial charge in [-0.25, -0.2) is 0 Å². The van der Waals surface area contributed by atoms with Crippen LogP contribution in [0.3, 0.4) is 0 Å². The highest BCUT2D eigenvalue weighted by Crippen LogP contribution is 2.44. The minimum Gasteiger partial charge on any atom is -0.481 e. The zero-order chi connectivity index (χ0) is 14.0. The Hall–Kier alpha value is -1.98. The van der Waals surface area contributed by atoms with Crippen LogP contribution >= 0.6 is 0 Å². The quantitative estimate of drug-likeness (QED) is 0.753. The van der Waals surface area contributed by atoms with Crippen molar-refractivity contribution in [1.82, 2.24) is 10.4 Å². The first kappa shape index (κ1) is 13.5. The number of rotatable bonds is 5. The summed E-state index contributed by atoms with van der Waals surface area (Å²) in [5, 5.41) is 15.5. The van der Waals surface area contributed by atoms with E-state index in [-0.39, 0.29) is 23.8 Å². The van der Waals surface area contributed by atoms with E-state index in [1.54, 1.807) is 12.3 Å². The number of nitrogens with zero attached hydrogens (tertiary/aromatic N) is 2. The fraction of sp³-hybridized carbons (Fsp3) is 0.538. The number of carbonyl (C=O) groups excluding carboxylic acids is 1. The normalized spacial score (nSPS) is 19.8. The molecule has 0 radical (unpaired) electrons. The summed E-state index contributed by atoms with van der Waals surface area (Å²) in [6.45, 7) is 4.52.